The van der Waals surface area contributed by atoms with Gasteiger partial charge in [0.2, 0.25) is 0 Å². The molecular formula is C31H27FN6. The highest BCUT2D eigenvalue weighted by Gasteiger charge is 2.16. The summed E-state index contributed by atoms with van der Waals surface area (Å²) in [6.45, 7) is 3.26. The van der Waals surface area contributed by atoms with Crippen molar-refractivity contribution in [3.8, 4) is 33.6 Å². The summed E-state index contributed by atoms with van der Waals surface area (Å²) >= 11 is 0. The Kier molecular flexibility index (Phi) is 5.70. The molecule has 7 heteroatoms. The third-order valence-corrected chi connectivity index (χ3v) is 7.51. The molecule has 2 N–H and O–H groups in total. The number of H-pyrrole nitrogens is 2. The maximum atomic E-state index is 14.6. The molecule has 1 aliphatic heterocycles. The highest BCUT2D eigenvalue weighted by atomic mass is 19.1. The first-order valence-corrected chi connectivity index (χ1v) is 13.1. The number of nitrogens with zero attached hydrogens (tertiary/aromatic N) is 4. The van der Waals surface area contributed by atoms with Crippen molar-refractivity contribution >= 4 is 21.8 Å². The molecule has 2 aromatic carbocycles. The van der Waals surface area contributed by atoms with E-state index >= 15 is 0 Å². The van der Waals surface area contributed by atoms with Crippen molar-refractivity contribution in [1.82, 2.24) is 30.0 Å². The average molecular weight is 503 g/mol. The highest BCUT2D eigenvalue weighted by molar-refractivity contribution is 6.01. The number of likely N-dealkylation sites (tertiary alicyclic amines) is 1. The number of rotatable bonds is 5. The second kappa shape index (κ2) is 9.50. The third-order valence-electron chi connectivity index (χ3n) is 7.51. The van der Waals surface area contributed by atoms with E-state index in [-0.39, 0.29) is 5.82 Å². The first kappa shape index (κ1) is 22.8. The van der Waals surface area contributed by atoms with Crippen LogP contribution in [0.3, 0.4) is 0 Å². The minimum atomic E-state index is -0.268. The van der Waals surface area contributed by atoms with Crippen LogP contribution < -0.4 is 0 Å². The number of aromatic nitrogens is 5. The fourth-order valence-corrected chi connectivity index (χ4v) is 5.58. The van der Waals surface area contributed by atoms with E-state index in [2.05, 4.69) is 54.3 Å². The highest BCUT2D eigenvalue weighted by Crippen LogP contribution is 2.35. The second-order valence-electron chi connectivity index (χ2n) is 10.1. The predicted octanol–water partition coefficient (Wildman–Crippen LogP) is 6.96. The molecule has 0 spiro atoms. The normalized spacial score (nSPS) is 14.4. The Labute approximate surface area is 219 Å². The van der Waals surface area contributed by atoms with Gasteiger partial charge in [-0.15, -0.1) is 0 Å². The van der Waals surface area contributed by atoms with Crippen LogP contribution in [-0.4, -0.2) is 43.1 Å². The quantitative estimate of drug-likeness (QED) is 0.267. The topological polar surface area (TPSA) is 73.5 Å². The van der Waals surface area contributed by atoms with Crippen LogP contribution in [0.1, 0.15) is 24.8 Å². The van der Waals surface area contributed by atoms with E-state index in [4.69, 9.17) is 0 Å². The Morgan fingerprint density at radius 1 is 0.763 bits per heavy atom. The smallest absolute Gasteiger partial charge is 0.131 e. The van der Waals surface area contributed by atoms with Gasteiger partial charge >= 0.3 is 0 Å². The lowest BCUT2D eigenvalue weighted by molar-refractivity contribution is 0.220. The van der Waals surface area contributed by atoms with E-state index in [1.807, 2.05) is 24.5 Å². The lowest BCUT2D eigenvalue weighted by Crippen LogP contribution is -2.29. The van der Waals surface area contributed by atoms with E-state index in [1.165, 1.54) is 30.9 Å². The van der Waals surface area contributed by atoms with Crippen LogP contribution in [0, 0.1) is 5.82 Å². The van der Waals surface area contributed by atoms with E-state index in [0.29, 0.717) is 5.56 Å². The van der Waals surface area contributed by atoms with Crippen molar-refractivity contribution in [3.05, 3.63) is 90.8 Å². The van der Waals surface area contributed by atoms with Gasteiger partial charge in [-0.2, -0.15) is 5.10 Å². The average Bonchev–Trinajstić information content (AvgIpc) is 3.58. The number of halogens is 1. The molecule has 38 heavy (non-hydrogen) atoms. The van der Waals surface area contributed by atoms with Gasteiger partial charge in [0, 0.05) is 52.6 Å². The van der Waals surface area contributed by atoms with Crippen LogP contribution in [0.25, 0.3) is 55.4 Å². The molecule has 0 amide bonds. The largest absolute Gasteiger partial charge is 0.352 e. The van der Waals surface area contributed by atoms with Crippen LogP contribution in [0.2, 0.25) is 0 Å². The zero-order valence-electron chi connectivity index (χ0n) is 20.9. The number of nitrogens with one attached hydrogen (secondary N) is 2. The van der Waals surface area contributed by atoms with Crippen molar-refractivity contribution < 1.29 is 4.39 Å². The zero-order chi connectivity index (χ0) is 25.5. The van der Waals surface area contributed by atoms with Crippen LogP contribution >= 0.6 is 0 Å². The second-order valence-corrected chi connectivity index (χ2v) is 10.1. The van der Waals surface area contributed by atoms with Crippen molar-refractivity contribution in [2.45, 2.75) is 25.8 Å². The van der Waals surface area contributed by atoms with Gasteiger partial charge in [0.05, 0.1) is 22.9 Å². The molecule has 188 valence electrons. The first-order chi connectivity index (χ1) is 18.7. The zero-order valence-corrected chi connectivity index (χ0v) is 20.9. The molecule has 4 aromatic heterocycles. The Balaban J connectivity index is 1.26. The fourth-order valence-electron chi connectivity index (χ4n) is 5.58. The van der Waals surface area contributed by atoms with Gasteiger partial charge in [-0.25, -0.2) is 4.39 Å². The summed E-state index contributed by atoms with van der Waals surface area (Å²) in [5.41, 5.74) is 8.16. The molecule has 6 aromatic rings. The van der Waals surface area contributed by atoms with E-state index < -0.39 is 0 Å². The number of aromatic amines is 2. The van der Waals surface area contributed by atoms with Gasteiger partial charge in [-0.1, -0.05) is 30.7 Å². The number of fused-ring (bicyclic) bond motifs is 2. The predicted molar refractivity (Wildman–Crippen MR) is 149 cm³/mol. The van der Waals surface area contributed by atoms with Gasteiger partial charge in [0.1, 0.15) is 11.5 Å². The third kappa shape index (κ3) is 4.15. The Bertz CT molecular complexity index is 1760. The van der Waals surface area contributed by atoms with Crippen LogP contribution in [-0.2, 0) is 6.54 Å². The lowest BCUT2D eigenvalue weighted by Gasteiger charge is -2.26. The summed E-state index contributed by atoms with van der Waals surface area (Å²) in [5.74, 6) is -0.268. The Hall–Kier alpha value is -4.36. The van der Waals surface area contributed by atoms with Crippen LogP contribution in [0.4, 0.5) is 4.39 Å². The van der Waals surface area contributed by atoms with E-state index in [1.54, 1.807) is 24.5 Å². The molecule has 5 heterocycles. The van der Waals surface area contributed by atoms with Crippen molar-refractivity contribution in [2.75, 3.05) is 13.1 Å². The van der Waals surface area contributed by atoms with Crippen LogP contribution in [0.15, 0.2) is 79.4 Å². The fraction of sp³-hybridized carbons (Fsp3) is 0.194. The summed E-state index contributed by atoms with van der Waals surface area (Å²) in [7, 11) is 0. The standard InChI is InChI=1S/C31H27FN6/c32-27-7-3-2-6-23(27)26-17-34-18-30-24(26)14-29(35-30)31-25-13-21(8-9-28(25)36-37-31)22-12-20(15-33-16-22)19-38-10-4-1-5-11-38/h2-3,6-9,12-18,35H,1,4-5,10-11,19H2,(H,36,37). The maximum absolute atomic E-state index is 14.6. The molecule has 0 atom stereocenters. The van der Waals surface area contributed by atoms with E-state index in [9.17, 15) is 4.39 Å². The molecule has 1 aliphatic rings. The Morgan fingerprint density at radius 3 is 2.53 bits per heavy atom. The number of piperidine rings is 1. The first-order valence-electron chi connectivity index (χ1n) is 13.1. The lowest BCUT2D eigenvalue weighted by atomic mass is 10.0. The van der Waals surface area contributed by atoms with E-state index in [0.717, 1.165) is 69.5 Å². The summed E-state index contributed by atoms with van der Waals surface area (Å²) in [6.07, 6.45) is 11.3. The van der Waals surface area contributed by atoms with Gasteiger partial charge < -0.3 is 4.98 Å². The molecule has 6 nitrogen and oxygen atoms in total. The molecule has 0 bridgehead atoms. The number of hydrogen-bond acceptors (Lipinski definition) is 4. The molecular weight excluding hydrogens is 475 g/mol. The number of pyridine rings is 2. The molecule has 1 saturated heterocycles. The monoisotopic (exact) mass is 502 g/mol. The molecule has 0 aliphatic carbocycles. The summed E-state index contributed by atoms with van der Waals surface area (Å²) < 4.78 is 14.6. The maximum Gasteiger partial charge on any atom is 0.131 e. The minimum absolute atomic E-state index is 0.268. The van der Waals surface area contributed by atoms with Gasteiger partial charge in [-0.05, 0) is 67.4 Å². The van der Waals surface area contributed by atoms with Gasteiger partial charge in [0.25, 0.3) is 0 Å². The minimum Gasteiger partial charge on any atom is -0.352 e. The number of benzene rings is 2. The SMILES string of the molecule is Fc1ccccc1-c1cncc2[nH]c(-c3n[nH]c4ccc(-c5cncc(CN6CCCCC6)c5)cc34)cc12. The number of hydrogen-bond donors (Lipinski definition) is 2. The summed E-state index contributed by atoms with van der Waals surface area (Å²) in [4.78, 5) is 14.9. The molecule has 0 saturated carbocycles. The van der Waals surface area contributed by atoms with Crippen LogP contribution in [0.5, 0.6) is 0 Å². The van der Waals surface area contributed by atoms with Crippen molar-refractivity contribution in [1.29, 1.82) is 0 Å². The Morgan fingerprint density at radius 2 is 1.63 bits per heavy atom. The molecule has 7 rings (SSSR count). The van der Waals surface area contributed by atoms with Crippen molar-refractivity contribution in [3.63, 3.8) is 0 Å². The van der Waals surface area contributed by atoms with Crippen molar-refractivity contribution in [2.24, 2.45) is 0 Å². The van der Waals surface area contributed by atoms with Gasteiger partial charge in [-0.3, -0.25) is 20.0 Å². The molecule has 0 radical (unpaired) electrons. The summed E-state index contributed by atoms with van der Waals surface area (Å²) in [5, 5.41) is 9.71. The summed E-state index contributed by atoms with van der Waals surface area (Å²) in [6, 6.07) is 17.4. The molecule has 1 fully saturated rings. The van der Waals surface area contributed by atoms with Gasteiger partial charge in [0.15, 0.2) is 0 Å². The molecule has 0 unspecified atom stereocenters.